The van der Waals surface area contributed by atoms with Crippen LogP contribution in [-0.4, -0.2) is 57.4 Å². The highest BCUT2D eigenvalue weighted by Crippen LogP contribution is 2.33. The van der Waals surface area contributed by atoms with Crippen molar-refractivity contribution < 1.29 is 4.79 Å². The Bertz CT molecular complexity index is 861. The number of benzene rings is 1. The normalized spacial score (nSPS) is 26.1. The summed E-state index contributed by atoms with van der Waals surface area (Å²) < 4.78 is 0. The molecule has 3 aliphatic heterocycles. The number of aromatic nitrogens is 2. The van der Waals surface area contributed by atoms with Gasteiger partial charge in [0, 0.05) is 37.9 Å². The lowest BCUT2D eigenvalue weighted by Crippen LogP contribution is -2.48. The topological polar surface area (TPSA) is 72.2 Å². The Balaban J connectivity index is 1.35. The molecule has 6 heteroatoms. The highest BCUT2D eigenvalue weighted by atomic mass is 16.2. The Kier molecular flexibility index (Phi) is 3.74. The van der Waals surface area contributed by atoms with E-state index in [2.05, 4.69) is 39.1 Å². The molecule has 1 aromatic carbocycles. The third kappa shape index (κ3) is 2.69. The fourth-order valence-corrected chi connectivity index (χ4v) is 5.06. The smallest absolute Gasteiger partial charge is 0.323 e. The molecule has 1 aromatic heterocycles. The number of rotatable bonds is 2. The Labute approximate surface area is 152 Å². The van der Waals surface area contributed by atoms with E-state index in [0.29, 0.717) is 17.7 Å². The molecule has 136 valence electrons. The molecule has 0 unspecified atom stereocenters. The average Bonchev–Trinajstić information content (AvgIpc) is 3.17. The molecule has 3 saturated heterocycles. The van der Waals surface area contributed by atoms with Gasteiger partial charge in [-0.1, -0.05) is 24.3 Å². The number of hydrogen-bond donors (Lipinski definition) is 2. The van der Waals surface area contributed by atoms with E-state index in [-0.39, 0.29) is 17.6 Å². The van der Waals surface area contributed by atoms with Gasteiger partial charge < -0.3 is 14.9 Å². The first-order valence-corrected chi connectivity index (χ1v) is 9.57. The molecule has 6 rings (SSSR count). The standard InChI is InChI=1S/C20H24N4O2/c25-19(18-9-21-20(26)22-18)24-11-13-5-6-16(24)12-23(10-13)17-7-14-3-1-2-4-15(14)8-17/h1-4,9,13,16-17H,5-8,10-12H2,(H2,21,22,26)/t13-,16+/m0/s1. The van der Waals surface area contributed by atoms with Crippen molar-refractivity contribution in [1.82, 2.24) is 19.8 Å². The minimum absolute atomic E-state index is 0.0467. The van der Waals surface area contributed by atoms with Crippen LogP contribution in [0.2, 0.25) is 0 Å². The highest BCUT2D eigenvalue weighted by molar-refractivity contribution is 5.92. The number of piperidine rings is 1. The van der Waals surface area contributed by atoms with Gasteiger partial charge in [-0.3, -0.25) is 9.69 Å². The molecule has 1 amide bonds. The number of fused-ring (bicyclic) bond motifs is 5. The van der Waals surface area contributed by atoms with Crippen LogP contribution in [-0.2, 0) is 12.8 Å². The second kappa shape index (κ2) is 6.13. The van der Waals surface area contributed by atoms with Crippen LogP contribution in [0.4, 0.5) is 0 Å². The van der Waals surface area contributed by atoms with Crippen molar-refractivity contribution in [3.05, 3.63) is 57.8 Å². The monoisotopic (exact) mass is 352 g/mol. The van der Waals surface area contributed by atoms with E-state index in [0.717, 1.165) is 38.9 Å². The minimum Gasteiger partial charge on any atom is -0.333 e. The average molecular weight is 352 g/mol. The molecule has 4 heterocycles. The highest BCUT2D eigenvalue weighted by Gasteiger charge is 2.40. The van der Waals surface area contributed by atoms with Crippen molar-refractivity contribution in [2.24, 2.45) is 5.92 Å². The Morgan fingerprint density at radius 3 is 2.46 bits per heavy atom. The zero-order chi connectivity index (χ0) is 17.7. The van der Waals surface area contributed by atoms with Crippen LogP contribution in [0.5, 0.6) is 0 Å². The van der Waals surface area contributed by atoms with E-state index in [1.54, 1.807) is 0 Å². The van der Waals surface area contributed by atoms with Gasteiger partial charge in [0.1, 0.15) is 5.69 Å². The van der Waals surface area contributed by atoms with Gasteiger partial charge in [-0.15, -0.1) is 0 Å². The number of carbonyl (C=O) groups is 1. The molecular weight excluding hydrogens is 328 g/mol. The summed E-state index contributed by atoms with van der Waals surface area (Å²) in [5.74, 6) is 0.474. The molecule has 6 nitrogen and oxygen atoms in total. The first-order valence-electron chi connectivity index (χ1n) is 9.57. The quantitative estimate of drug-likeness (QED) is 0.858. The summed E-state index contributed by atoms with van der Waals surface area (Å²) in [6.45, 7) is 2.81. The van der Waals surface area contributed by atoms with Gasteiger partial charge in [0.2, 0.25) is 0 Å². The summed E-state index contributed by atoms with van der Waals surface area (Å²) in [7, 11) is 0. The summed E-state index contributed by atoms with van der Waals surface area (Å²) in [6.07, 6.45) is 5.98. The Hall–Kier alpha value is -2.34. The zero-order valence-electron chi connectivity index (χ0n) is 14.8. The molecule has 0 saturated carbocycles. The van der Waals surface area contributed by atoms with Crippen LogP contribution in [0.15, 0.2) is 35.3 Å². The lowest BCUT2D eigenvalue weighted by Gasteiger charge is -2.36. The van der Waals surface area contributed by atoms with Gasteiger partial charge in [-0.05, 0) is 42.7 Å². The Morgan fingerprint density at radius 1 is 1.00 bits per heavy atom. The lowest BCUT2D eigenvalue weighted by molar-refractivity contribution is 0.0576. The van der Waals surface area contributed by atoms with E-state index in [9.17, 15) is 9.59 Å². The number of nitrogens with zero attached hydrogens (tertiary/aromatic N) is 2. The van der Waals surface area contributed by atoms with Gasteiger partial charge in [0.15, 0.2) is 0 Å². The van der Waals surface area contributed by atoms with Crippen LogP contribution < -0.4 is 5.69 Å². The van der Waals surface area contributed by atoms with Crippen molar-refractivity contribution in [3.63, 3.8) is 0 Å². The largest absolute Gasteiger partial charge is 0.333 e. The van der Waals surface area contributed by atoms with Crippen LogP contribution in [0.25, 0.3) is 0 Å². The summed E-state index contributed by atoms with van der Waals surface area (Å²) in [5.41, 5.74) is 3.01. The number of imidazole rings is 1. The fourth-order valence-electron chi connectivity index (χ4n) is 5.06. The first kappa shape index (κ1) is 15.9. The predicted molar refractivity (Wildman–Crippen MR) is 98.2 cm³/mol. The molecule has 2 atom stereocenters. The summed E-state index contributed by atoms with van der Waals surface area (Å²) in [6, 6.07) is 9.55. The van der Waals surface area contributed by atoms with Crippen LogP contribution >= 0.6 is 0 Å². The fraction of sp³-hybridized carbons (Fsp3) is 0.500. The second-order valence-electron chi connectivity index (χ2n) is 8.00. The molecule has 2 bridgehead atoms. The summed E-state index contributed by atoms with van der Waals surface area (Å²) >= 11 is 0. The van der Waals surface area contributed by atoms with E-state index < -0.39 is 0 Å². The molecule has 3 fully saturated rings. The summed E-state index contributed by atoms with van der Waals surface area (Å²) in [4.78, 5) is 34.0. The molecule has 4 aliphatic rings. The van der Waals surface area contributed by atoms with Gasteiger partial charge >= 0.3 is 5.69 Å². The SMILES string of the molecule is O=C(c1c[nH]c(=O)[nH]1)N1C[C@H]2CC[C@@H]1CN(C1Cc3ccccc3C1)C2. The molecule has 0 radical (unpaired) electrons. The number of carbonyl (C=O) groups excluding carboxylic acids is 1. The molecule has 0 spiro atoms. The minimum atomic E-state index is -0.321. The summed E-state index contributed by atoms with van der Waals surface area (Å²) in [5, 5.41) is 0. The number of aromatic amines is 2. The van der Waals surface area contributed by atoms with E-state index >= 15 is 0 Å². The zero-order valence-corrected chi connectivity index (χ0v) is 14.8. The second-order valence-corrected chi connectivity index (χ2v) is 8.00. The van der Waals surface area contributed by atoms with Crippen LogP contribution in [0, 0.1) is 5.92 Å². The number of H-pyrrole nitrogens is 2. The molecule has 2 N–H and O–H groups in total. The van der Waals surface area contributed by atoms with E-state index in [4.69, 9.17) is 0 Å². The maximum atomic E-state index is 12.9. The molecule has 26 heavy (non-hydrogen) atoms. The lowest BCUT2D eigenvalue weighted by atomic mass is 9.95. The van der Waals surface area contributed by atoms with Gasteiger partial charge in [0.25, 0.3) is 5.91 Å². The third-order valence-corrected chi connectivity index (χ3v) is 6.37. The van der Waals surface area contributed by atoms with E-state index in [1.807, 2.05) is 4.90 Å². The maximum absolute atomic E-state index is 12.9. The van der Waals surface area contributed by atoms with Gasteiger partial charge in [-0.25, -0.2) is 4.79 Å². The van der Waals surface area contributed by atoms with Crippen molar-refractivity contribution in [3.8, 4) is 0 Å². The molecule has 1 aliphatic carbocycles. The van der Waals surface area contributed by atoms with Gasteiger partial charge in [0.05, 0.1) is 0 Å². The maximum Gasteiger partial charge on any atom is 0.323 e. The predicted octanol–water partition coefficient (Wildman–Crippen LogP) is 1.41. The number of nitrogens with one attached hydrogen (secondary N) is 2. The van der Waals surface area contributed by atoms with Gasteiger partial charge in [-0.2, -0.15) is 0 Å². The molecular formula is C20H24N4O2. The van der Waals surface area contributed by atoms with Crippen molar-refractivity contribution in [1.29, 1.82) is 0 Å². The Morgan fingerprint density at radius 2 is 1.77 bits per heavy atom. The third-order valence-electron chi connectivity index (χ3n) is 6.37. The number of amides is 1. The van der Waals surface area contributed by atoms with Crippen molar-refractivity contribution in [2.45, 2.75) is 37.8 Å². The van der Waals surface area contributed by atoms with Crippen molar-refractivity contribution in [2.75, 3.05) is 19.6 Å². The van der Waals surface area contributed by atoms with Crippen LogP contribution in [0.3, 0.4) is 0 Å². The van der Waals surface area contributed by atoms with Crippen LogP contribution in [0.1, 0.15) is 34.5 Å². The van der Waals surface area contributed by atoms with E-state index in [1.165, 1.54) is 23.7 Å². The van der Waals surface area contributed by atoms with Crippen molar-refractivity contribution >= 4 is 5.91 Å². The first-order chi connectivity index (χ1) is 12.7. The number of hydrogen-bond acceptors (Lipinski definition) is 3. The molecule has 2 aromatic rings.